The molecule has 0 aromatic carbocycles. The zero-order valence-corrected chi connectivity index (χ0v) is 14.8. The number of aryl methyl sites for hydroxylation is 2. The summed E-state index contributed by atoms with van der Waals surface area (Å²) in [6.45, 7) is 13.2. The second-order valence-corrected chi connectivity index (χ2v) is 7.56. The molecule has 2 aromatic rings. The minimum absolute atomic E-state index is 0.365. The minimum atomic E-state index is 0.365. The third-order valence-corrected chi connectivity index (χ3v) is 4.00. The first-order valence-electron chi connectivity index (χ1n) is 8.22. The fourth-order valence-corrected chi connectivity index (χ4v) is 3.20. The van der Waals surface area contributed by atoms with Crippen LogP contribution >= 0.6 is 0 Å². The van der Waals surface area contributed by atoms with Crippen LogP contribution in [0.5, 0.6) is 0 Å². The second-order valence-electron chi connectivity index (χ2n) is 7.56. The number of rotatable bonds is 5. The molecule has 0 radical (unpaired) electrons. The Balaban J connectivity index is 2.24. The molecule has 2 N–H and O–H groups in total. The lowest BCUT2D eigenvalue weighted by Crippen LogP contribution is -2.14. The molecule has 22 heavy (non-hydrogen) atoms. The zero-order chi connectivity index (χ0) is 16.5. The molecule has 0 aliphatic heterocycles. The van der Waals surface area contributed by atoms with E-state index in [0.717, 1.165) is 30.5 Å². The van der Waals surface area contributed by atoms with E-state index in [9.17, 15) is 0 Å². The topological polar surface area (TPSA) is 69.1 Å². The van der Waals surface area contributed by atoms with Crippen LogP contribution in [0.2, 0.25) is 0 Å². The van der Waals surface area contributed by atoms with E-state index in [0.29, 0.717) is 28.8 Å². The fourth-order valence-electron chi connectivity index (χ4n) is 3.20. The largest absolute Gasteiger partial charge is 0.383 e. The number of nitrogens with zero attached hydrogens (tertiary/aromatic N) is 4. The van der Waals surface area contributed by atoms with Crippen molar-refractivity contribution in [2.75, 3.05) is 5.73 Å². The Morgan fingerprint density at radius 3 is 2.50 bits per heavy atom. The Morgan fingerprint density at radius 1 is 1.23 bits per heavy atom. The Hall–Kier alpha value is -1.65. The van der Waals surface area contributed by atoms with Gasteiger partial charge in [-0.15, -0.1) is 5.10 Å². The quantitative estimate of drug-likeness (QED) is 0.916. The van der Waals surface area contributed by atoms with E-state index in [1.165, 1.54) is 6.42 Å². The maximum absolute atomic E-state index is 6.34. The summed E-state index contributed by atoms with van der Waals surface area (Å²) in [7, 11) is 0. The van der Waals surface area contributed by atoms with Gasteiger partial charge in [0.25, 0.3) is 5.78 Å². The van der Waals surface area contributed by atoms with Crippen LogP contribution in [0.3, 0.4) is 0 Å². The van der Waals surface area contributed by atoms with Gasteiger partial charge in [0.05, 0.1) is 5.69 Å². The molecule has 0 bridgehead atoms. The van der Waals surface area contributed by atoms with Gasteiger partial charge >= 0.3 is 0 Å². The highest BCUT2D eigenvalue weighted by molar-refractivity contribution is 5.50. The van der Waals surface area contributed by atoms with Gasteiger partial charge in [-0.3, -0.25) is 0 Å². The average Bonchev–Trinajstić information content (AvgIpc) is 2.76. The lowest BCUT2D eigenvalue weighted by molar-refractivity contribution is 0.297. The molecule has 122 valence electrons. The lowest BCUT2D eigenvalue weighted by atomic mass is 9.83. The predicted molar refractivity (Wildman–Crippen MR) is 90.9 cm³/mol. The molecule has 2 heterocycles. The van der Waals surface area contributed by atoms with Crippen LogP contribution < -0.4 is 5.73 Å². The van der Waals surface area contributed by atoms with Crippen molar-refractivity contribution in [1.82, 2.24) is 19.6 Å². The van der Waals surface area contributed by atoms with Crippen molar-refractivity contribution in [1.29, 1.82) is 0 Å². The number of nitrogen functional groups attached to an aromatic ring is 1. The van der Waals surface area contributed by atoms with E-state index in [1.54, 1.807) is 4.52 Å². The summed E-state index contributed by atoms with van der Waals surface area (Å²) in [6, 6.07) is 0. The van der Waals surface area contributed by atoms with Crippen molar-refractivity contribution < 1.29 is 0 Å². The molecular formula is C17H29N5. The summed E-state index contributed by atoms with van der Waals surface area (Å²) in [4.78, 5) is 8.97. The molecule has 0 saturated heterocycles. The van der Waals surface area contributed by atoms with E-state index in [2.05, 4.69) is 49.7 Å². The monoisotopic (exact) mass is 303 g/mol. The number of aromatic nitrogens is 4. The molecule has 1 atom stereocenters. The molecular weight excluding hydrogens is 274 g/mol. The smallest absolute Gasteiger partial charge is 0.254 e. The summed E-state index contributed by atoms with van der Waals surface area (Å²) >= 11 is 0. The Morgan fingerprint density at radius 2 is 1.91 bits per heavy atom. The highest BCUT2D eigenvalue weighted by Crippen LogP contribution is 2.28. The van der Waals surface area contributed by atoms with Gasteiger partial charge in [-0.25, -0.2) is 4.98 Å². The van der Waals surface area contributed by atoms with E-state index < -0.39 is 0 Å². The first-order chi connectivity index (χ1) is 10.2. The summed E-state index contributed by atoms with van der Waals surface area (Å²) in [5, 5.41) is 4.35. The number of hydrogen-bond donors (Lipinski definition) is 1. The highest BCUT2D eigenvalue weighted by Gasteiger charge is 2.18. The van der Waals surface area contributed by atoms with E-state index in [1.807, 2.05) is 6.92 Å². The maximum Gasteiger partial charge on any atom is 0.254 e. The van der Waals surface area contributed by atoms with Gasteiger partial charge in [0.15, 0.2) is 0 Å². The predicted octanol–water partition coefficient (Wildman–Crippen LogP) is 3.58. The Labute approximate surface area is 133 Å². The molecule has 0 spiro atoms. The molecule has 0 saturated carbocycles. The van der Waals surface area contributed by atoms with Crippen molar-refractivity contribution in [3.05, 3.63) is 17.1 Å². The summed E-state index contributed by atoms with van der Waals surface area (Å²) in [5.41, 5.74) is 8.90. The third-order valence-electron chi connectivity index (χ3n) is 4.00. The van der Waals surface area contributed by atoms with Crippen molar-refractivity contribution >= 4 is 11.6 Å². The van der Waals surface area contributed by atoms with Crippen LogP contribution in [0.1, 0.15) is 64.5 Å². The molecule has 0 fully saturated rings. The van der Waals surface area contributed by atoms with Crippen molar-refractivity contribution in [3.8, 4) is 0 Å². The molecule has 5 nitrogen and oxygen atoms in total. The normalized spacial score (nSPS) is 13.7. The van der Waals surface area contributed by atoms with Gasteiger partial charge in [-0.05, 0) is 43.9 Å². The first-order valence-corrected chi connectivity index (χ1v) is 8.22. The van der Waals surface area contributed by atoms with Gasteiger partial charge in [-0.2, -0.15) is 9.50 Å². The average molecular weight is 303 g/mol. The van der Waals surface area contributed by atoms with Crippen LogP contribution in [0.15, 0.2) is 0 Å². The second kappa shape index (κ2) is 6.23. The minimum Gasteiger partial charge on any atom is -0.383 e. The van der Waals surface area contributed by atoms with Crippen LogP contribution in [0.4, 0.5) is 5.82 Å². The van der Waals surface area contributed by atoms with Gasteiger partial charge in [0.2, 0.25) is 0 Å². The summed E-state index contributed by atoms with van der Waals surface area (Å²) in [5.74, 6) is 2.68. The van der Waals surface area contributed by atoms with Crippen molar-refractivity contribution in [2.24, 2.45) is 11.3 Å². The number of hydrogen-bond acceptors (Lipinski definition) is 4. The lowest BCUT2D eigenvalue weighted by Gasteiger charge is -2.23. The standard InChI is InChI=1S/C17H29N5/c1-7-14-13(9-8-11(2)10-17(4,5)6)15(18)22-16(20-14)19-12(3)21-22/h11H,7-10,18H2,1-6H3. The summed E-state index contributed by atoms with van der Waals surface area (Å²) < 4.78 is 1.68. The van der Waals surface area contributed by atoms with Gasteiger partial charge < -0.3 is 5.73 Å². The highest BCUT2D eigenvalue weighted by atomic mass is 15.4. The summed E-state index contributed by atoms with van der Waals surface area (Å²) in [6.07, 6.45) is 4.16. The Kier molecular flexibility index (Phi) is 4.73. The third kappa shape index (κ3) is 3.76. The first kappa shape index (κ1) is 16.7. The maximum atomic E-state index is 6.34. The SMILES string of the molecule is CCc1nc2nc(C)nn2c(N)c1CCC(C)CC(C)(C)C. The number of nitrogens with two attached hydrogens (primary N) is 1. The van der Waals surface area contributed by atoms with Gasteiger partial charge in [0.1, 0.15) is 11.6 Å². The molecule has 5 heteroatoms. The molecule has 0 amide bonds. The Bertz CT molecular complexity index is 651. The number of fused-ring (bicyclic) bond motifs is 1. The van der Waals surface area contributed by atoms with Crippen LogP contribution in [-0.4, -0.2) is 19.6 Å². The van der Waals surface area contributed by atoms with Crippen LogP contribution in [0, 0.1) is 18.3 Å². The molecule has 0 aliphatic carbocycles. The molecule has 2 rings (SSSR count). The van der Waals surface area contributed by atoms with Crippen molar-refractivity contribution in [3.63, 3.8) is 0 Å². The zero-order valence-electron chi connectivity index (χ0n) is 14.8. The van der Waals surface area contributed by atoms with Gasteiger partial charge in [0, 0.05) is 5.56 Å². The van der Waals surface area contributed by atoms with Gasteiger partial charge in [-0.1, -0.05) is 34.6 Å². The van der Waals surface area contributed by atoms with E-state index in [4.69, 9.17) is 5.73 Å². The van der Waals surface area contributed by atoms with E-state index >= 15 is 0 Å². The molecule has 2 aromatic heterocycles. The van der Waals surface area contributed by atoms with Crippen LogP contribution in [-0.2, 0) is 12.8 Å². The molecule has 1 unspecified atom stereocenters. The fraction of sp³-hybridized carbons (Fsp3) is 0.706. The van der Waals surface area contributed by atoms with Crippen molar-refractivity contribution in [2.45, 2.75) is 67.2 Å². The number of anilines is 1. The molecule has 0 aliphatic rings. The van der Waals surface area contributed by atoms with E-state index in [-0.39, 0.29) is 0 Å². The van der Waals surface area contributed by atoms with Crippen LogP contribution in [0.25, 0.3) is 5.78 Å².